The largest absolute Gasteiger partial charge is 0.507 e. The molecule has 1 amide bonds. The molecule has 0 bridgehead atoms. The minimum Gasteiger partial charge on any atom is -0.507 e. The van der Waals surface area contributed by atoms with Crippen LogP contribution in [0.5, 0.6) is 5.75 Å². The molecule has 0 aromatic heterocycles. The number of piperidine rings is 1. The van der Waals surface area contributed by atoms with E-state index in [1.165, 1.54) is 30.5 Å². The van der Waals surface area contributed by atoms with Crippen molar-refractivity contribution in [2.75, 3.05) is 31.1 Å². The summed E-state index contributed by atoms with van der Waals surface area (Å²) in [7, 11) is 0. The number of carbonyl (C=O) groups excluding carboxylic acids is 1. The van der Waals surface area contributed by atoms with Crippen LogP contribution in [0.15, 0.2) is 48.1 Å². The normalized spacial score (nSPS) is 22.0. The predicted octanol–water partition coefficient (Wildman–Crippen LogP) is 6.32. The highest BCUT2D eigenvalue weighted by Gasteiger charge is 2.28. The van der Waals surface area contributed by atoms with Crippen LogP contribution in [-0.4, -0.2) is 37.3 Å². The van der Waals surface area contributed by atoms with Crippen molar-refractivity contribution in [3.63, 3.8) is 0 Å². The van der Waals surface area contributed by atoms with Gasteiger partial charge in [0, 0.05) is 18.5 Å². The first-order valence-corrected chi connectivity index (χ1v) is 13.4. The van der Waals surface area contributed by atoms with Crippen molar-refractivity contribution < 1.29 is 23.4 Å². The summed E-state index contributed by atoms with van der Waals surface area (Å²) in [5.41, 5.74) is 1.87. The molecule has 2 aromatic rings. The van der Waals surface area contributed by atoms with E-state index in [0.29, 0.717) is 42.4 Å². The van der Waals surface area contributed by atoms with E-state index in [4.69, 9.17) is 4.74 Å². The van der Waals surface area contributed by atoms with Crippen LogP contribution < -0.4 is 10.2 Å². The Bertz CT molecular complexity index is 1190. The molecular formula is C30H34F2N2O3. The van der Waals surface area contributed by atoms with Gasteiger partial charge >= 0.3 is 0 Å². The summed E-state index contributed by atoms with van der Waals surface area (Å²) in [4.78, 5) is 13.2. The molecular weight excluding hydrogens is 474 g/mol. The number of hydrogen-bond donors (Lipinski definition) is 2. The van der Waals surface area contributed by atoms with Crippen LogP contribution in [-0.2, 0) is 9.53 Å². The molecule has 7 heteroatoms. The first-order chi connectivity index (χ1) is 18.0. The monoisotopic (exact) mass is 508 g/mol. The topological polar surface area (TPSA) is 61.8 Å². The third-order valence-electron chi connectivity index (χ3n) is 7.60. The molecule has 37 heavy (non-hydrogen) atoms. The number of amides is 1. The maximum Gasteiger partial charge on any atom is 0.227 e. The number of ether oxygens (including phenoxy) is 1. The van der Waals surface area contributed by atoms with Gasteiger partial charge in [-0.1, -0.05) is 18.2 Å². The van der Waals surface area contributed by atoms with E-state index in [1.54, 1.807) is 18.2 Å². The summed E-state index contributed by atoms with van der Waals surface area (Å²) in [5, 5.41) is 14.6. The molecule has 0 spiro atoms. The van der Waals surface area contributed by atoms with Crippen molar-refractivity contribution in [2.24, 2.45) is 5.92 Å². The van der Waals surface area contributed by atoms with Crippen LogP contribution in [0.3, 0.4) is 0 Å². The lowest BCUT2D eigenvalue weighted by Gasteiger charge is -2.23. The first-order valence-electron chi connectivity index (χ1n) is 13.4. The number of hydrogen-bond acceptors (Lipinski definition) is 4. The SMILES string of the molecule is O=C1CCCN1c1c(F)cc(-c2cccc(/C3=C/C(CCC4CCNCC4)=C/CCCO3)c2O)cc1F. The molecule has 3 aliphatic heterocycles. The van der Waals surface area contributed by atoms with Crippen LogP contribution in [0.1, 0.15) is 56.9 Å². The molecule has 0 unspecified atom stereocenters. The second-order valence-electron chi connectivity index (χ2n) is 10.1. The van der Waals surface area contributed by atoms with E-state index in [-0.39, 0.29) is 29.3 Å². The Balaban J connectivity index is 1.43. The highest BCUT2D eigenvalue weighted by atomic mass is 19.1. The van der Waals surface area contributed by atoms with Crippen molar-refractivity contribution >= 4 is 17.4 Å². The maximum absolute atomic E-state index is 15.0. The van der Waals surface area contributed by atoms with Gasteiger partial charge in [-0.15, -0.1) is 0 Å². The van der Waals surface area contributed by atoms with E-state index < -0.39 is 11.6 Å². The van der Waals surface area contributed by atoms with Gasteiger partial charge in [-0.3, -0.25) is 4.79 Å². The minimum atomic E-state index is -0.820. The average Bonchev–Trinajstić information content (AvgIpc) is 3.29. The highest BCUT2D eigenvalue weighted by molar-refractivity contribution is 5.96. The lowest BCUT2D eigenvalue weighted by atomic mass is 9.90. The van der Waals surface area contributed by atoms with Gasteiger partial charge in [0.15, 0.2) is 11.6 Å². The van der Waals surface area contributed by atoms with Gasteiger partial charge in [-0.05, 0) is 99.4 Å². The average molecular weight is 509 g/mol. The Morgan fingerprint density at radius 2 is 1.84 bits per heavy atom. The second kappa shape index (κ2) is 11.5. The van der Waals surface area contributed by atoms with Crippen molar-refractivity contribution in [1.82, 2.24) is 5.32 Å². The predicted molar refractivity (Wildman–Crippen MR) is 141 cm³/mol. The maximum atomic E-state index is 15.0. The van der Waals surface area contributed by atoms with Crippen molar-refractivity contribution in [1.29, 1.82) is 0 Å². The smallest absolute Gasteiger partial charge is 0.227 e. The van der Waals surface area contributed by atoms with Gasteiger partial charge in [0.25, 0.3) is 0 Å². The third-order valence-corrected chi connectivity index (χ3v) is 7.60. The van der Waals surface area contributed by atoms with Gasteiger partial charge in [-0.25, -0.2) is 8.78 Å². The Labute approximate surface area is 216 Å². The lowest BCUT2D eigenvalue weighted by molar-refractivity contribution is -0.117. The Hall–Kier alpha value is -3.19. The molecule has 0 radical (unpaired) electrons. The Morgan fingerprint density at radius 3 is 2.57 bits per heavy atom. The molecule has 5 nitrogen and oxygen atoms in total. The quantitative estimate of drug-likeness (QED) is 0.479. The zero-order valence-corrected chi connectivity index (χ0v) is 21.1. The standard InChI is InChI=1S/C30H34F2N2O3/c31-25-18-22(19-26(32)29(25)34-15-4-8-28(34)35)23-6-3-7-24(30(23)36)27-17-21(5-1-2-16-37-27)10-9-20-11-13-33-14-12-20/h3,5-7,17-20,33,36H,1-2,4,8-16H2/b21-5+,27-17-. The third kappa shape index (κ3) is 5.72. The molecule has 3 heterocycles. The highest BCUT2D eigenvalue weighted by Crippen LogP contribution is 2.40. The number of benzene rings is 2. The molecule has 0 atom stereocenters. The number of allylic oxidation sites excluding steroid dienone is 3. The first kappa shape index (κ1) is 25.5. The van der Waals surface area contributed by atoms with Crippen molar-refractivity contribution in [2.45, 2.75) is 51.4 Å². The number of phenols is 1. The summed E-state index contributed by atoms with van der Waals surface area (Å²) in [6, 6.07) is 7.51. The van der Waals surface area contributed by atoms with Crippen LogP contribution in [0.2, 0.25) is 0 Å². The molecule has 0 saturated carbocycles. The van der Waals surface area contributed by atoms with E-state index in [9.17, 15) is 9.90 Å². The van der Waals surface area contributed by atoms with E-state index in [0.717, 1.165) is 43.7 Å². The van der Waals surface area contributed by atoms with Gasteiger partial charge in [0.2, 0.25) is 5.91 Å². The molecule has 196 valence electrons. The van der Waals surface area contributed by atoms with Crippen LogP contribution in [0.4, 0.5) is 14.5 Å². The lowest BCUT2D eigenvalue weighted by Crippen LogP contribution is -2.27. The number of halogens is 2. The van der Waals surface area contributed by atoms with Gasteiger partial charge in [0.1, 0.15) is 17.2 Å². The summed E-state index contributed by atoms with van der Waals surface area (Å²) < 4.78 is 36.1. The molecule has 2 N–H and O–H groups in total. The number of para-hydroxylation sites is 1. The number of rotatable bonds is 6. The second-order valence-corrected chi connectivity index (χ2v) is 10.1. The number of carbonyl (C=O) groups is 1. The fourth-order valence-electron chi connectivity index (χ4n) is 5.53. The van der Waals surface area contributed by atoms with Crippen molar-refractivity contribution in [3.05, 3.63) is 65.3 Å². The Morgan fingerprint density at radius 1 is 1.08 bits per heavy atom. The van der Waals surface area contributed by atoms with Crippen LogP contribution in [0.25, 0.3) is 16.9 Å². The summed E-state index contributed by atoms with van der Waals surface area (Å²) in [6.07, 6.45) is 11.4. The summed E-state index contributed by atoms with van der Waals surface area (Å²) in [6.45, 7) is 2.97. The number of nitrogens with one attached hydrogen (secondary N) is 1. The zero-order chi connectivity index (χ0) is 25.8. The number of anilines is 1. The van der Waals surface area contributed by atoms with Gasteiger partial charge < -0.3 is 20.1 Å². The number of phenolic OH excluding ortho intramolecular Hbond substituents is 1. The van der Waals surface area contributed by atoms with Gasteiger partial charge in [-0.2, -0.15) is 0 Å². The molecule has 2 saturated heterocycles. The van der Waals surface area contributed by atoms with Crippen LogP contribution in [0, 0.1) is 17.6 Å². The molecule has 3 aliphatic rings. The fraction of sp³-hybridized carbons (Fsp3) is 0.433. The van der Waals surface area contributed by atoms with Gasteiger partial charge in [0.05, 0.1) is 12.2 Å². The molecule has 5 rings (SSSR count). The van der Waals surface area contributed by atoms with E-state index in [1.807, 2.05) is 6.08 Å². The summed E-state index contributed by atoms with van der Waals surface area (Å²) in [5.74, 6) is -0.732. The molecule has 2 aromatic carbocycles. The van der Waals surface area contributed by atoms with E-state index >= 15 is 8.78 Å². The molecule has 2 fully saturated rings. The van der Waals surface area contributed by atoms with E-state index in [2.05, 4.69) is 11.4 Å². The van der Waals surface area contributed by atoms with Crippen molar-refractivity contribution in [3.8, 4) is 16.9 Å². The minimum absolute atomic E-state index is 0.0872. The summed E-state index contributed by atoms with van der Waals surface area (Å²) >= 11 is 0. The van der Waals surface area contributed by atoms with Crippen LogP contribution >= 0.6 is 0 Å². The zero-order valence-electron chi connectivity index (χ0n) is 21.1. The number of aromatic hydroxyl groups is 1. The molecule has 0 aliphatic carbocycles. The fourth-order valence-corrected chi connectivity index (χ4v) is 5.53. The Kier molecular flexibility index (Phi) is 7.89. The number of nitrogens with zero attached hydrogens (tertiary/aromatic N) is 1.